The van der Waals surface area contributed by atoms with Gasteiger partial charge in [-0.15, -0.1) is 0 Å². The predicted molar refractivity (Wildman–Crippen MR) is 198 cm³/mol. The molecule has 302 valence electrons. The van der Waals surface area contributed by atoms with Crippen molar-refractivity contribution in [1.29, 1.82) is 0 Å². The average molecular weight is 744 g/mol. The zero-order chi connectivity index (χ0) is 38.5. The van der Waals surface area contributed by atoms with Crippen molar-refractivity contribution >= 4 is 35.4 Å². The Hall–Kier alpha value is -3.10. The number of ether oxygens (including phenoxy) is 3. The third-order valence-corrected chi connectivity index (χ3v) is 8.36. The van der Waals surface area contributed by atoms with Crippen molar-refractivity contribution < 1.29 is 53.2 Å². The lowest BCUT2D eigenvalue weighted by molar-refractivity contribution is -0.142. The van der Waals surface area contributed by atoms with Gasteiger partial charge in [0, 0.05) is 58.4 Å². The smallest absolute Gasteiger partial charge is 0.326 e. The molecule has 0 unspecified atom stereocenters. The molecule has 0 heterocycles. The first-order valence-electron chi connectivity index (χ1n) is 19.6. The summed E-state index contributed by atoms with van der Waals surface area (Å²) in [4.78, 5) is 68.6. The molecule has 0 aromatic carbocycles. The second-order valence-corrected chi connectivity index (χ2v) is 13.3. The molecule has 0 aliphatic heterocycles. The minimum absolute atomic E-state index is 0.0112. The number of hydrogen-bond acceptors (Lipinski definition) is 9. The number of carboxylic acids is 2. The Bertz CT molecular complexity index is 965. The molecular formula is C38H69N3O11. The summed E-state index contributed by atoms with van der Waals surface area (Å²) in [5, 5.41) is 25.8. The number of hydrogen-bond donors (Lipinski definition) is 5. The fourth-order valence-corrected chi connectivity index (χ4v) is 5.30. The summed E-state index contributed by atoms with van der Waals surface area (Å²) in [6, 6.07) is -1.15. The first-order valence-corrected chi connectivity index (χ1v) is 19.6. The molecule has 0 bridgehead atoms. The van der Waals surface area contributed by atoms with E-state index in [1.807, 2.05) is 0 Å². The number of aliphatic carboxylic acids is 2. The van der Waals surface area contributed by atoms with Gasteiger partial charge in [0.15, 0.2) is 0 Å². The monoisotopic (exact) mass is 743 g/mol. The van der Waals surface area contributed by atoms with Gasteiger partial charge in [-0.3, -0.25) is 19.2 Å². The molecule has 0 saturated carbocycles. The van der Waals surface area contributed by atoms with Crippen LogP contribution in [0.3, 0.4) is 0 Å². The standard InChI is InChI=1S/C38H69N3O11/c1-32(42)20-21-33(38(48)49)41-36(45)23-22-35(44)40-25-17-27-51-29-31-52-30-28-50-26-16-24-39-34(43)18-14-12-10-8-6-4-2-3-5-7-9-11-13-15-19-37(46)47/h33H,2-31H2,1H3,(H,39,43)(H,40,44)(H,41,45)(H,46,47)(H,48,49)/t33-/m0/s1. The molecule has 5 N–H and O–H groups in total. The van der Waals surface area contributed by atoms with E-state index in [9.17, 15) is 28.8 Å². The molecule has 14 nitrogen and oxygen atoms in total. The Morgan fingerprint density at radius 3 is 1.27 bits per heavy atom. The lowest BCUT2D eigenvalue weighted by Gasteiger charge is -2.13. The van der Waals surface area contributed by atoms with Gasteiger partial charge >= 0.3 is 11.9 Å². The van der Waals surface area contributed by atoms with Gasteiger partial charge in [-0.1, -0.05) is 77.0 Å². The summed E-state index contributed by atoms with van der Waals surface area (Å²) >= 11 is 0. The SMILES string of the molecule is CC(=O)CC[C@H](NC(=O)CCC(=O)NCCCOCCOCCOCCCNC(=O)CCCCCCCCCCCCCCCCC(=O)O)C(=O)O. The van der Waals surface area contributed by atoms with Crippen LogP contribution in [-0.4, -0.2) is 104 Å². The molecule has 0 aliphatic rings. The highest BCUT2D eigenvalue weighted by molar-refractivity contribution is 5.87. The summed E-state index contributed by atoms with van der Waals surface area (Å²) in [6.07, 6.45) is 18.4. The molecule has 0 saturated heterocycles. The topological polar surface area (TPSA) is 207 Å². The molecule has 0 aromatic heterocycles. The van der Waals surface area contributed by atoms with Crippen molar-refractivity contribution in [2.24, 2.45) is 0 Å². The molecule has 0 aliphatic carbocycles. The lowest BCUT2D eigenvalue weighted by Crippen LogP contribution is -2.41. The van der Waals surface area contributed by atoms with Gasteiger partial charge in [0.2, 0.25) is 17.7 Å². The van der Waals surface area contributed by atoms with Crippen LogP contribution >= 0.6 is 0 Å². The second-order valence-electron chi connectivity index (χ2n) is 13.3. The van der Waals surface area contributed by atoms with E-state index in [0.29, 0.717) is 72.0 Å². The van der Waals surface area contributed by atoms with Crippen LogP contribution in [0.4, 0.5) is 0 Å². The Kier molecular flexibility index (Phi) is 34.1. The Labute approximate surface area is 311 Å². The molecule has 0 aromatic rings. The quantitative estimate of drug-likeness (QED) is 0.0524. The highest BCUT2D eigenvalue weighted by Crippen LogP contribution is 2.14. The summed E-state index contributed by atoms with van der Waals surface area (Å²) in [6.45, 7) is 5.07. The number of amides is 3. The Balaban J connectivity index is 3.38. The molecule has 0 radical (unpaired) electrons. The second kappa shape index (κ2) is 36.3. The van der Waals surface area contributed by atoms with Crippen molar-refractivity contribution in [3.63, 3.8) is 0 Å². The van der Waals surface area contributed by atoms with Crippen LogP contribution < -0.4 is 16.0 Å². The lowest BCUT2D eigenvalue weighted by atomic mass is 10.0. The van der Waals surface area contributed by atoms with E-state index >= 15 is 0 Å². The molecule has 14 heteroatoms. The van der Waals surface area contributed by atoms with E-state index in [-0.39, 0.29) is 43.3 Å². The highest BCUT2D eigenvalue weighted by atomic mass is 16.5. The van der Waals surface area contributed by atoms with Gasteiger partial charge in [-0.25, -0.2) is 4.79 Å². The Morgan fingerprint density at radius 1 is 0.462 bits per heavy atom. The largest absolute Gasteiger partial charge is 0.481 e. The third kappa shape index (κ3) is 36.7. The van der Waals surface area contributed by atoms with Gasteiger partial charge in [-0.05, 0) is 39.0 Å². The Morgan fingerprint density at radius 2 is 0.846 bits per heavy atom. The predicted octanol–water partition coefficient (Wildman–Crippen LogP) is 5.09. The van der Waals surface area contributed by atoms with E-state index in [0.717, 1.165) is 38.5 Å². The average Bonchev–Trinajstić information content (AvgIpc) is 3.10. The number of Topliss-reactive ketones (excluding diaryl/α,β-unsaturated/α-hetero) is 1. The zero-order valence-corrected chi connectivity index (χ0v) is 31.9. The molecule has 1 atom stereocenters. The van der Waals surface area contributed by atoms with Crippen LogP contribution in [0.1, 0.15) is 148 Å². The van der Waals surface area contributed by atoms with Gasteiger partial charge in [0.25, 0.3) is 0 Å². The van der Waals surface area contributed by atoms with E-state index in [1.54, 1.807) is 0 Å². The fraction of sp³-hybridized carbons (Fsp3) is 0.842. The number of carbonyl (C=O) groups excluding carboxylic acids is 4. The molecule has 3 amide bonds. The van der Waals surface area contributed by atoms with Gasteiger partial charge in [-0.2, -0.15) is 0 Å². The minimum Gasteiger partial charge on any atom is -0.481 e. The first-order chi connectivity index (χ1) is 25.1. The van der Waals surface area contributed by atoms with E-state index < -0.39 is 23.9 Å². The highest BCUT2D eigenvalue weighted by Gasteiger charge is 2.20. The summed E-state index contributed by atoms with van der Waals surface area (Å²) in [5.74, 6) is -2.84. The molecule has 0 rings (SSSR count). The first kappa shape index (κ1) is 48.9. The van der Waals surface area contributed by atoms with E-state index in [1.165, 1.54) is 64.7 Å². The van der Waals surface area contributed by atoms with Gasteiger partial charge < -0.3 is 45.2 Å². The summed E-state index contributed by atoms with van der Waals surface area (Å²) in [5.41, 5.74) is 0. The normalized spacial score (nSPS) is 11.6. The van der Waals surface area contributed by atoms with Crippen LogP contribution in [0.2, 0.25) is 0 Å². The molecule has 0 fully saturated rings. The van der Waals surface area contributed by atoms with E-state index in [4.69, 9.17) is 24.4 Å². The number of ketones is 1. The van der Waals surface area contributed by atoms with Crippen LogP contribution in [0.15, 0.2) is 0 Å². The molecular weight excluding hydrogens is 674 g/mol. The maximum atomic E-state index is 12.0. The van der Waals surface area contributed by atoms with Crippen molar-refractivity contribution in [1.82, 2.24) is 16.0 Å². The van der Waals surface area contributed by atoms with Crippen molar-refractivity contribution in [2.75, 3.05) is 52.7 Å². The van der Waals surface area contributed by atoms with Crippen molar-refractivity contribution in [3.05, 3.63) is 0 Å². The number of nitrogens with one attached hydrogen (secondary N) is 3. The fourth-order valence-electron chi connectivity index (χ4n) is 5.30. The minimum atomic E-state index is -1.22. The maximum Gasteiger partial charge on any atom is 0.326 e. The number of carbonyl (C=O) groups is 6. The maximum absolute atomic E-state index is 12.0. The summed E-state index contributed by atoms with van der Waals surface area (Å²) < 4.78 is 16.5. The number of unbranched alkanes of at least 4 members (excludes halogenated alkanes) is 13. The van der Waals surface area contributed by atoms with Gasteiger partial charge in [0.1, 0.15) is 11.8 Å². The van der Waals surface area contributed by atoms with Crippen LogP contribution in [0.25, 0.3) is 0 Å². The summed E-state index contributed by atoms with van der Waals surface area (Å²) in [7, 11) is 0. The third-order valence-electron chi connectivity index (χ3n) is 8.36. The number of carboxylic acid groups (broad SMARTS) is 2. The zero-order valence-electron chi connectivity index (χ0n) is 31.9. The van der Waals surface area contributed by atoms with E-state index in [2.05, 4.69) is 16.0 Å². The molecule has 52 heavy (non-hydrogen) atoms. The number of rotatable bonds is 39. The van der Waals surface area contributed by atoms with Crippen LogP contribution in [0, 0.1) is 0 Å². The van der Waals surface area contributed by atoms with Crippen molar-refractivity contribution in [2.45, 2.75) is 154 Å². The van der Waals surface area contributed by atoms with Gasteiger partial charge in [0.05, 0.1) is 26.4 Å². The van der Waals surface area contributed by atoms with Crippen molar-refractivity contribution in [3.8, 4) is 0 Å². The molecule has 0 spiro atoms. The van der Waals surface area contributed by atoms with Crippen LogP contribution in [-0.2, 0) is 43.0 Å². The van der Waals surface area contributed by atoms with Crippen LogP contribution in [0.5, 0.6) is 0 Å².